The highest BCUT2D eigenvalue weighted by Gasteiger charge is 2.11. The molecule has 27 heavy (non-hydrogen) atoms. The summed E-state index contributed by atoms with van der Waals surface area (Å²) in [7, 11) is 0. The van der Waals surface area contributed by atoms with Gasteiger partial charge in [0.05, 0.1) is 11.1 Å². The molecular weight excluding hydrogens is 344 g/mol. The Kier molecular flexibility index (Phi) is 6.14. The van der Waals surface area contributed by atoms with Gasteiger partial charge in [-0.25, -0.2) is 5.43 Å². The molecule has 140 valence electrons. The second-order valence-electron chi connectivity index (χ2n) is 6.50. The van der Waals surface area contributed by atoms with E-state index in [9.17, 15) is 14.9 Å². The Morgan fingerprint density at radius 2 is 1.78 bits per heavy atom. The first-order chi connectivity index (χ1) is 13.1. The largest absolute Gasteiger partial charge is 0.372 e. The van der Waals surface area contributed by atoms with Crippen LogP contribution in [0.2, 0.25) is 0 Å². The molecule has 0 aliphatic carbocycles. The van der Waals surface area contributed by atoms with Gasteiger partial charge >= 0.3 is 0 Å². The van der Waals surface area contributed by atoms with E-state index in [1.165, 1.54) is 55.6 Å². The van der Waals surface area contributed by atoms with Gasteiger partial charge in [0, 0.05) is 36.5 Å². The van der Waals surface area contributed by atoms with Crippen molar-refractivity contribution in [3.63, 3.8) is 0 Å². The molecule has 2 aromatic carbocycles. The summed E-state index contributed by atoms with van der Waals surface area (Å²) < 4.78 is 0. The van der Waals surface area contributed by atoms with E-state index >= 15 is 0 Å². The number of amides is 1. The molecule has 1 heterocycles. The van der Waals surface area contributed by atoms with Crippen molar-refractivity contribution in [3.05, 3.63) is 69.8 Å². The molecule has 2 aromatic rings. The molecule has 0 bridgehead atoms. The van der Waals surface area contributed by atoms with Crippen LogP contribution in [0.4, 0.5) is 11.4 Å². The lowest BCUT2D eigenvalue weighted by Crippen LogP contribution is -2.23. The monoisotopic (exact) mass is 366 g/mol. The predicted octanol–water partition coefficient (Wildman–Crippen LogP) is 3.74. The van der Waals surface area contributed by atoms with Gasteiger partial charge in [0.2, 0.25) is 0 Å². The molecule has 1 saturated heterocycles. The molecule has 1 N–H and O–H groups in total. The fourth-order valence-corrected chi connectivity index (χ4v) is 3.09. The Bertz CT molecular complexity index is 825. The maximum atomic E-state index is 12.0. The molecule has 7 heteroatoms. The highest BCUT2D eigenvalue weighted by molar-refractivity contribution is 5.95. The zero-order chi connectivity index (χ0) is 19.1. The van der Waals surface area contributed by atoms with Crippen molar-refractivity contribution in [1.82, 2.24) is 5.43 Å². The second kappa shape index (κ2) is 8.93. The number of nitrogens with zero attached hydrogens (tertiary/aromatic N) is 3. The molecule has 1 fully saturated rings. The third-order valence-corrected chi connectivity index (χ3v) is 4.56. The van der Waals surface area contributed by atoms with Crippen molar-refractivity contribution in [3.8, 4) is 0 Å². The van der Waals surface area contributed by atoms with Crippen LogP contribution in [0, 0.1) is 10.1 Å². The summed E-state index contributed by atoms with van der Waals surface area (Å²) >= 11 is 0. The van der Waals surface area contributed by atoms with Crippen molar-refractivity contribution in [2.24, 2.45) is 5.10 Å². The standard InChI is InChI=1S/C20H22N4O3/c25-20(17-6-5-7-19(14-17)24(26)27)22-21-15-16-8-10-18(11-9-16)23-12-3-1-2-4-13-23/h5-11,14-15H,1-4,12-13H2,(H,22,25)/b21-15-. The van der Waals surface area contributed by atoms with Gasteiger partial charge in [0.15, 0.2) is 0 Å². The molecule has 0 saturated carbocycles. The van der Waals surface area contributed by atoms with Crippen LogP contribution in [0.3, 0.4) is 0 Å². The molecule has 1 amide bonds. The summed E-state index contributed by atoms with van der Waals surface area (Å²) in [6.45, 7) is 2.18. The van der Waals surface area contributed by atoms with E-state index in [2.05, 4.69) is 27.6 Å². The Labute approximate surface area is 157 Å². The molecular formula is C20H22N4O3. The lowest BCUT2D eigenvalue weighted by atomic mass is 10.2. The van der Waals surface area contributed by atoms with Gasteiger partial charge in [-0.3, -0.25) is 14.9 Å². The number of nitrogens with one attached hydrogen (secondary N) is 1. The van der Waals surface area contributed by atoms with Gasteiger partial charge in [0.25, 0.3) is 11.6 Å². The number of anilines is 1. The topological polar surface area (TPSA) is 87.8 Å². The molecule has 0 atom stereocenters. The van der Waals surface area contributed by atoms with Crippen LogP contribution in [0.25, 0.3) is 0 Å². The Hall–Kier alpha value is -3.22. The summed E-state index contributed by atoms with van der Waals surface area (Å²) in [4.78, 5) is 24.7. The van der Waals surface area contributed by atoms with E-state index in [0.717, 1.165) is 18.7 Å². The molecule has 3 rings (SSSR count). The van der Waals surface area contributed by atoms with Crippen LogP contribution >= 0.6 is 0 Å². The van der Waals surface area contributed by atoms with Gasteiger partial charge in [-0.2, -0.15) is 5.10 Å². The number of carbonyl (C=O) groups excluding carboxylic acids is 1. The lowest BCUT2D eigenvalue weighted by Gasteiger charge is -2.22. The normalized spacial score (nSPS) is 14.7. The van der Waals surface area contributed by atoms with Crippen LogP contribution < -0.4 is 10.3 Å². The average molecular weight is 366 g/mol. The summed E-state index contributed by atoms with van der Waals surface area (Å²) in [6.07, 6.45) is 6.61. The van der Waals surface area contributed by atoms with Gasteiger partial charge in [-0.1, -0.05) is 31.0 Å². The number of nitro benzene ring substituents is 1. The minimum absolute atomic E-state index is 0.129. The number of non-ortho nitro benzene ring substituents is 1. The van der Waals surface area contributed by atoms with Gasteiger partial charge < -0.3 is 4.90 Å². The summed E-state index contributed by atoms with van der Waals surface area (Å²) in [5.41, 5.74) is 4.53. The number of hydrogen-bond acceptors (Lipinski definition) is 5. The van der Waals surface area contributed by atoms with Gasteiger partial charge in [-0.05, 0) is 36.6 Å². The zero-order valence-electron chi connectivity index (χ0n) is 15.0. The second-order valence-corrected chi connectivity index (χ2v) is 6.50. The Morgan fingerprint density at radius 1 is 1.07 bits per heavy atom. The van der Waals surface area contributed by atoms with Gasteiger partial charge in [0.1, 0.15) is 0 Å². The van der Waals surface area contributed by atoms with Crippen LogP contribution in [-0.2, 0) is 0 Å². The van der Waals surface area contributed by atoms with Crippen molar-refractivity contribution < 1.29 is 9.72 Å². The minimum Gasteiger partial charge on any atom is -0.372 e. The van der Waals surface area contributed by atoms with E-state index < -0.39 is 10.8 Å². The number of rotatable bonds is 5. The maximum Gasteiger partial charge on any atom is 0.271 e. The van der Waals surface area contributed by atoms with E-state index in [-0.39, 0.29) is 11.3 Å². The van der Waals surface area contributed by atoms with Crippen molar-refractivity contribution in [2.45, 2.75) is 25.7 Å². The van der Waals surface area contributed by atoms with Crippen LogP contribution in [0.15, 0.2) is 53.6 Å². The predicted molar refractivity (Wildman–Crippen MR) is 105 cm³/mol. The molecule has 0 radical (unpaired) electrons. The summed E-state index contributed by atoms with van der Waals surface area (Å²) in [5.74, 6) is -0.490. The van der Waals surface area contributed by atoms with E-state index in [1.54, 1.807) is 6.21 Å². The van der Waals surface area contributed by atoms with Crippen molar-refractivity contribution >= 4 is 23.5 Å². The Morgan fingerprint density at radius 3 is 2.44 bits per heavy atom. The minimum atomic E-state index is -0.536. The van der Waals surface area contributed by atoms with E-state index in [0.29, 0.717) is 0 Å². The molecule has 0 spiro atoms. The quantitative estimate of drug-likeness (QED) is 0.496. The third kappa shape index (κ3) is 5.13. The fraction of sp³-hybridized carbons (Fsp3) is 0.300. The van der Waals surface area contributed by atoms with Gasteiger partial charge in [-0.15, -0.1) is 0 Å². The molecule has 0 aromatic heterocycles. The number of hydrogen-bond donors (Lipinski definition) is 1. The number of nitro groups is 1. The SMILES string of the molecule is O=C(N/N=C\c1ccc(N2CCCCCC2)cc1)c1cccc([N+](=O)[O-])c1. The number of benzene rings is 2. The lowest BCUT2D eigenvalue weighted by molar-refractivity contribution is -0.384. The molecule has 1 aliphatic rings. The number of hydrazone groups is 1. The Balaban J connectivity index is 1.58. The maximum absolute atomic E-state index is 12.0. The molecule has 7 nitrogen and oxygen atoms in total. The number of carbonyl (C=O) groups is 1. The highest BCUT2D eigenvalue weighted by Crippen LogP contribution is 2.19. The summed E-state index contributed by atoms with van der Waals surface area (Å²) in [6, 6.07) is 13.6. The smallest absolute Gasteiger partial charge is 0.271 e. The zero-order valence-corrected chi connectivity index (χ0v) is 15.0. The summed E-state index contributed by atoms with van der Waals surface area (Å²) in [5, 5.41) is 14.7. The molecule has 0 unspecified atom stereocenters. The van der Waals surface area contributed by atoms with Crippen molar-refractivity contribution in [2.75, 3.05) is 18.0 Å². The first-order valence-corrected chi connectivity index (χ1v) is 9.06. The van der Waals surface area contributed by atoms with E-state index in [4.69, 9.17) is 0 Å². The highest BCUT2D eigenvalue weighted by atomic mass is 16.6. The van der Waals surface area contributed by atoms with Crippen LogP contribution in [0.5, 0.6) is 0 Å². The fourth-order valence-electron chi connectivity index (χ4n) is 3.09. The first kappa shape index (κ1) is 18.6. The van der Waals surface area contributed by atoms with E-state index in [1.807, 2.05) is 12.1 Å². The van der Waals surface area contributed by atoms with Crippen LogP contribution in [-0.4, -0.2) is 30.1 Å². The third-order valence-electron chi connectivity index (χ3n) is 4.56. The first-order valence-electron chi connectivity index (χ1n) is 9.06. The van der Waals surface area contributed by atoms with Crippen molar-refractivity contribution in [1.29, 1.82) is 0 Å². The average Bonchev–Trinajstić information content (AvgIpc) is 2.98. The molecule has 1 aliphatic heterocycles. The van der Waals surface area contributed by atoms with Crippen LogP contribution in [0.1, 0.15) is 41.6 Å².